The first-order valence-electron chi connectivity index (χ1n) is 7.55. The van der Waals surface area contributed by atoms with Crippen LogP contribution in [0.2, 0.25) is 0 Å². The largest absolute Gasteiger partial charge is 0.409 e. The molecule has 1 aromatic rings. The molecule has 0 aliphatic carbocycles. The van der Waals surface area contributed by atoms with E-state index in [1.807, 2.05) is 6.92 Å². The number of nitrogens with zero attached hydrogens (tertiary/aromatic N) is 4. The van der Waals surface area contributed by atoms with Crippen molar-refractivity contribution < 1.29 is 5.21 Å². The number of oxime groups is 1. The number of aliphatic imine (C=N–C) groups is 1. The highest BCUT2D eigenvalue weighted by atomic mass is 35.5. The number of rotatable bonds is 7. The Bertz CT molecular complexity index is 763. The summed E-state index contributed by atoms with van der Waals surface area (Å²) < 4.78 is 2.70. The van der Waals surface area contributed by atoms with Crippen molar-refractivity contribution in [1.82, 2.24) is 9.13 Å². The molecule has 0 spiro atoms. The van der Waals surface area contributed by atoms with Gasteiger partial charge >= 0.3 is 5.69 Å². The van der Waals surface area contributed by atoms with Crippen LogP contribution in [0.3, 0.4) is 0 Å². The highest BCUT2D eigenvalue weighted by Gasteiger charge is 2.24. The predicted octanol–water partition coefficient (Wildman–Crippen LogP) is 1.16. The number of halogens is 1. The number of aromatic nitrogens is 2. The van der Waals surface area contributed by atoms with Gasteiger partial charge in [-0.15, -0.1) is 0 Å². The summed E-state index contributed by atoms with van der Waals surface area (Å²) in [6.07, 6.45) is 2.70. The SMILES string of the molecule is CCCCn1c2c(c(=O)n(CCC/C(N)=N/O)c1=O)CC(Cl)=N2. The van der Waals surface area contributed by atoms with Crippen LogP contribution in [-0.4, -0.2) is 25.3 Å². The van der Waals surface area contributed by atoms with Crippen LogP contribution in [0.1, 0.15) is 38.2 Å². The molecule has 1 aliphatic heterocycles. The minimum atomic E-state index is -0.392. The summed E-state index contributed by atoms with van der Waals surface area (Å²) >= 11 is 5.95. The highest BCUT2D eigenvalue weighted by molar-refractivity contribution is 6.66. The third-order valence-corrected chi connectivity index (χ3v) is 3.94. The van der Waals surface area contributed by atoms with Crippen molar-refractivity contribution >= 4 is 28.4 Å². The monoisotopic (exact) mass is 341 g/mol. The first-order chi connectivity index (χ1) is 11.0. The van der Waals surface area contributed by atoms with Crippen LogP contribution in [0.25, 0.3) is 0 Å². The van der Waals surface area contributed by atoms with E-state index in [4.69, 9.17) is 22.5 Å². The molecule has 9 heteroatoms. The Kier molecular flexibility index (Phi) is 5.59. The lowest BCUT2D eigenvalue weighted by Crippen LogP contribution is -2.41. The van der Waals surface area contributed by atoms with Gasteiger partial charge < -0.3 is 10.9 Å². The minimum absolute atomic E-state index is 0.0666. The van der Waals surface area contributed by atoms with Crippen LogP contribution in [0.15, 0.2) is 19.7 Å². The van der Waals surface area contributed by atoms with Crippen molar-refractivity contribution in [2.24, 2.45) is 15.9 Å². The third kappa shape index (κ3) is 3.64. The van der Waals surface area contributed by atoms with Crippen LogP contribution >= 0.6 is 11.6 Å². The molecule has 3 N–H and O–H groups in total. The lowest BCUT2D eigenvalue weighted by Gasteiger charge is -2.13. The highest BCUT2D eigenvalue weighted by Crippen LogP contribution is 2.24. The van der Waals surface area contributed by atoms with Crippen LogP contribution in [-0.2, 0) is 19.5 Å². The smallest absolute Gasteiger partial charge is 0.332 e. The summed E-state index contributed by atoms with van der Waals surface area (Å²) in [7, 11) is 0. The van der Waals surface area contributed by atoms with Gasteiger partial charge in [0, 0.05) is 25.9 Å². The molecule has 0 fully saturated rings. The first-order valence-corrected chi connectivity index (χ1v) is 7.93. The molecule has 1 aliphatic rings. The Morgan fingerprint density at radius 1 is 1.35 bits per heavy atom. The second-order valence-corrected chi connectivity index (χ2v) is 5.84. The molecule has 0 atom stereocenters. The predicted molar refractivity (Wildman–Crippen MR) is 89.2 cm³/mol. The van der Waals surface area contributed by atoms with Crippen molar-refractivity contribution in [2.45, 2.75) is 52.1 Å². The van der Waals surface area contributed by atoms with Crippen LogP contribution in [0.4, 0.5) is 5.82 Å². The fourth-order valence-corrected chi connectivity index (χ4v) is 2.72. The Balaban J connectivity index is 2.39. The molecule has 0 radical (unpaired) electrons. The molecule has 0 amide bonds. The van der Waals surface area contributed by atoms with Gasteiger partial charge in [-0.3, -0.25) is 13.9 Å². The second-order valence-electron chi connectivity index (χ2n) is 5.41. The van der Waals surface area contributed by atoms with Gasteiger partial charge in [0.2, 0.25) is 0 Å². The molecule has 8 nitrogen and oxygen atoms in total. The topological polar surface area (TPSA) is 115 Å². The molecular weight excluding hydrogens is 322 g/mol. The number of nitrogens with two attached hydrogens (primary N) is 1. The van der Waals surface area contributed by atoms with E-state index >= 15 is 0 Å². The van der Waals surface area contributed by atoms with E-state index in [0.29, 0.717) is 35.9 Å². The van der Waals surface area contributed by atoms with Crippen molar-refractivity contribution in [2.75, 3.05) is 0 Å². The molecule has 23 heavy (non-hydrogen) atoms. The van der Waals surface area contributed by atoms with Gasteiger partial charge in [0.1, 0.15) is 16.8 Å². The Hall–Kier alpha value is -2.09. The fourth-order valence-electron chi connectivity index (χ4n) is 2.51. The molecule has 2 rings (SSSR count). The molecule has 1 aromatic heterocycles. The van der Waals surface area contributed by atoms with Crippen LogP contribution in [0.5, 0.6) is 0 Å². The summed E-state index contributed by atoms with van der Waals surface area (Å²) in [6, 6.07) is 0. The van der Waals surface area contributed by atoms with Crippen LogP contribution in [0, 0.1) is 0 Å². The van der Waals surface area contributed by atoms with E-state index in [2.05, 4.69) is 10.1 Å². The average Bonchev–Trinajstić information content (AvgIpc) is 2.92. The summed E-state index contributed by atoms with van der Waals surface area (Å²) in [5.41, 5.74) is 5.11. The normalized spacial score (nSPS) is 14.0. The standard InChI is InChI=1S/C14H20ClN5O3/c1-2-3-6-19-12-9(8-10(15)17-12)13(21)20(14(19)22)7-4-5-11(16)18-23/h23H,2-8H2,1H3,(H2,16,18). The van der Waals surface area contributed by atoms with E-state index in [1.54, 1.807) is 0 Å². The maximum Gasteiger partial charge on any atom is 0.332 e. The van der Waals surface area contributed by atoms with Gasteiger partial charge in [0.25, 0.3) is 5.56 Å². The maximum absolute atomic E-state index is 12.6. The minimum Gasteiger partial charge on any atom is -0.409 e. The Labute approximate surface area is 137 Å². The maximum atomic E-state index is 12.6. The zero-order chi connectivity index (χ0) is 17.0. The molecular formula is C14H20ClN5O3. The van der Waals surface area contributed by atoms with E-state index < -0.39 is 5.69 Å². The van der Waals surface area contributed by atoms with Crippen molar-refractivity contribution in [3.63, 3.8) is 0 Å². The summed E-state index contributed by atoms with van der Waals surface area (Å²) in [5.74, 6) is 0.447. The van der Waals surface area contributed by atoms with E-state index in [9.17, 15) is 9.59 Å². The number of fused-ring (bicyclic) bond motifs is 1. The lowest BCUT2D eigenvalue weighted by molar-refractivity contribution is 0.316. The molecule has 2 heterocycles. The summed E-state index contributed by atoms with van der Waals surface area (Å²) in [6.45, 7) is 2.71. The van der Waals surface area contributed by atoms with Crippen LogP contribution < -0.4 is 17.0 Å². The zero-order valence-corrected chi connectivity index (χ0v) is 13.7. The average molecular weight is 342 g/mol. The third-order valence-electron chi connectivity index (χ3n) is 3.72. The quantitative estimate of drug-likeness (QED) is 0.335. The Morgan fingerprint density at radius 2 is 2.04 bits per heavy atom. The molecule has 0 bridgehead atoms. The number of hydrogen-bond donors (Lipinski definition) is 2. The number of unbranched alkanes of at least 4 members (excludes halogenated alkanes) is 1. The van der Waals surface area contributed by atoms with Gasteiger partial charge in [0.05, 0.1) is 5.56 Å². The van der Waals surface area contributed by atoms with Crippen molar-refractivity contribution in [3.05, 3.63) is 26.4 Å². The van der Waals surface area contributed by atoms with Gasteiger partial charge in [-0.2, -0.15) is 0 Å². The van der Waals surface area contributed by atoms with E-state index in [-0.39, 0.29) is 24.4 Å². The zero-order valence-electron chi connectivity index (χ0n) is 13.0. The summed E-state index contributed by atoms with van der Waals surface area (Å²) in [5, 5.41) is 11.7. The van der Waals surface area contributed by atoms with Gasteiger partial charge in [-0.05, 0) is 12.8 Å². The first kappa shape index (κ1) is 17.3. The summed E-state index contributed by atoms with van der Waals surface area (Å²) in [4.78, 5) is 29.3. The Morgan fingerprint density at radius 3 is 2.70 bits per heavy atom. The van der Waals surface area contributed by atoms with E-state index in [0.717, 1.165) is 12.8 Å². The van der Waals surface area contributed by atoms with E-state index in [1.165, 1.54) is 9.13 Å². The molecule has 0 aromatic carbocycles. The number of amidine groups is 1. The van der Waals surface area contributed by atoms with Crippen molar-refractivity contribution in [1.29, 1.82) is 0 Å². The number of hydrogen-bond acceptors (Lipinski definition) is 5. The lowest BCUT2D eigenvalue weighted by atomic mass is 10.2. The molecule has 0 unspecified atom stereocenters. The van der Waals surface area contributed by atoms with Gasteiger partial charge in [0.15, 0.2) is 0 Å². The molecule has 126 valence electrons. The van der Waals surface area contributed by atoms with Gasteiger partial charge in [-0.25, -0.2) is 9.79 Å². The molecule has 0 saturated carbocycles. The van der Waals surface area contributed by atoms with Crippen molar-refractivity contribution in [3.8, 4) is 0 Å². The van der Waals surface area contributed by atoms with Gasteiger partial charge in [-0.1, -0.05) is 30.1 Å². The second kappa shape index (κ2) is 7.45. The fraction of sp³-hybridized carbons (Fsp3) is 0.571. The molecule has 0 saturated heterocycles.